The fourth-order valence-electron chi connectivity index (χ4n) is 7.48. The summed E-state index contributed by atoms with van der Waals surface area (Å²) in [7, 11) is 5.31. The first kappa shape index (κ1) is 28.6. The molecule has 2 saturated carbocycles. The molecule has 4 aliphatic rings. The van der Waals surface area contributed by atoms with Crippen molar-refractivity contribution >= 4 is 22.7 Å². The van der Waals surface area contributed by atoms with Crippen LogP contribution in [0, 0.1) is 17.8 Å². The molecule has 0 aromatic carbocycles. The van der Waals surface area contributed by atoms with E-state index in [2.05, 4.69) is 15.8 Å². The number of carbonyl (C=O) groups excluding carboxylic acids is 2. The van der Waals surface area contributed by atoms with Crippen molar-refractivity contribution in [1.82, 2.24) is 24.0 Å². The fraction of sp³-hybridized carbons (Fsp3) is 0.645. The number of likely N-dealkylation sites (N-methyl/N-ethyl adjacent to an activating group) is 1. The summed E-state index contributed by atoms with van der Waals surface area (Å²) in [6.45, 7) is 0.903. The minimum absolute atomic E-state index is 0.0266. The molecule has 3 heterocycles. The van der Waals surface area contributed by atoms with Gasteiger partial charge in [0, 0.05) is 37.9 Å². The number of hydrogen-bond donors (Lipinski definition) is 1. The first-order valence-corrected chi connectivity index (χ1v) is 15.1. The van der Waals surface area contributed by atoms with Crippen LogP contribution >= 0.6 is 0 Å². The molecule has 2 N–H and O–H groups in total. The molecule has 0 amide bonds. The lowest BCUT2D eigenvalue weighted by molar-refractivity contribution is -0.129. The van der Waals surface area contributed by atoms with Gasteiger partial charge in [-0.15, -0.1) is 6.42 Å². The van der Waals surface area contributed by atoms with Gasteiger partial charge in [-0.05, 0) is 71.4 Å². The third-order valence-electron chi connectivity index (χ3n) is 10.1. The standard InChI is InChI=1S/C31H40N6O5/c1-5-22(21-11-9-15-35(21)2)42-29-24-28(37(30(40)36(24)3)18-16-19(17-18)41-4)33-27(34-29)25(39)20-10-8-14-31(26(20)32)13-7-6-12-23(31)38/h1,18-19,21-22H,6-17,32H2,2-4H3/t18?,19?,21-,22-,31+/m0/s1. The Bertz CT molecular complexity index is 1560. The van der Waals surface area contributed by atoms with Crippen molar-refractivity contribution < 1.29 is 19.1 Å². The van der Waals surface area contributed by atoms with E-state index in [4.69, 9.17) is 26.6 Å². The van der Waals surface area contributed by atoms with Gasteiger partial charge in [-0.1, -0.05) is 12.3 Å². The van der Waals surface area contributed by atoms with E-state index in [0.29, 0.717) is 67.4 Å². The lowest BCUT2D eigenvalue weighted by Gasteiger charge is -2.40. The molecular weight excluding hydrogens is 536 g/mol. The van der Waals surface area contributed by atoms with Crippen LogP contribution in [0.25, 0.3) is 11.2 Å². The summed E-state index contributed by atoms with van der Waals surface area (Å²) in [6.07, 6.45) is 13.2. The molecule has 2 aromatic rings. The summed E-state index contributed by atoms with van der Waals surface area (Å²) >= 11 is 0. The number of terminal acetylenes is 1. The van der Waals surface area contributed by atoms with E-state index in [1.807, 2.05) is 7.05 Å². The largest absolute Gasteiger partial charge is 0.458 e. The third-order valence-corrected chi connectivity index (χ3v) is 10.1. The Labute approximate surface area is 245 Å². The number of Topliss-reactive ketones (excluding diaryl/α,β-unsaturated/α-hetero) is 2. The van der Waals surface area contributed by atoms with Crippen LogP contribution < -0.4 is 16.2 Å². The van der Waals surface area contributed by atoms with Gasteiger partial charge < -0.3 is 15.2 Å². The highest BCUT2D eigenvalue weighted by atomic mass is 16.5. The number of aryl methyl sites for hydroxylation is 1. The maximum atomic E-state index is 14.2. The summed E-state index contributed by atoms with van der Waals surface area (Å²) < 4.78 is 15.0. The fourth-order valence-corrected chi connectivity index (χ4v) is 7.48. The molecule has 1 spiro atoms. The van der Waals surface area contributed by atoms with Crippen molar-refractivity contribution in [2.24, 2.45) is 18.2 Å². The number of ether oxygens (including phenoxy) is 2. The van der Waals surface area contributed by atoms with Crippen LogP contribution in [0.3, 0.4) is 0 Å². The third kappa shape index (κ3) is 4.47. The van der Waals surface area contributed by atoms with Crippen LogP contribution in [-0.4, -0.2) is 74.5 Å². The summed E-state index contributed by atoms with van der Waals surface area (Å²) in [5.74, 6) is 2.44. The minimum Gasteiger partial charge on any atom is -0.458 e. The lowest BCUT2D eigenvalue weighted by Crippen LogP contribution is -2.42. The Balaban J connectivity index is 1.48. The number of ketones is 2. The van der Waals surface area contributed by atoms with Gasteiger partial charge in [0.25, 0.3) is 0 Å². The second-order valence-corrected chi connectivity index (χ2v) is 12.4. The molecule has 224 valence electrons. The van der Waals surface area contributed by atoms with Crippen molar-refractivity contribution in [1.29, 1.82) is 0 Å². The number of nitrogens with two attached hydrogens (primary N) is 1. The van der Waals surface area contributed by atoms with E-state index in [1.165, 1.54) is 4.57 Å². The van der Waals surface area contributed by atoms with Crippen LogP contribution in [-0.2, 0) is 16.6 Å². The molecule has 1 aliphatic heterocycles. The molecule has 0 unspecified atom stereocenters. The average Bonchev–Trinajstić information content (AvgIpc) is 3.50. The van der Waals surface area contributed by atoms with E-state index in [-0.39, 0.29) is 41.4 Å². The number of carbonyl (C=O) groups is 2. The zero-order valence-corrected chi connectivity index (χ0v) is 24.7. The molecule has 6 rings (SSSR count). The Morgan fingerprint density at radius 3 is 2.55 bits per heavy atom. The maximum absolute atomic E-state index is 14.2. The van der Waals surface area contributed by atoms with Gasteiger partial charge in [-0.3, -0.25) is 23.6 Å². The highest BCUT2D eigenvalue weighted by Gasteiger charge is 2.46. The van der Waals surface area contributed by atoms with Gasteiger partial charge in [-0.2, -0.15) is 4.98 Å². The zero-order chi connectivity index (χ0) is 29.8. The van der Waals surface area contributed by atoms with Crippen LogP contribution in [0.15, 0.2) is 16.1 Å². The summed E-state index contributed by atoms with van der Waals surface area (Å²) in [6, 6.07) is -0.162. The molecule has 0 bridgehead atoms. The number of hydrogen-bond acceptors (Lipinski definition) is 9. The first-order valence-electron chi connectivity index (χ1n) is 15.1. The summed E-state index contributed by atoms with van der Waals surface area (Å²) in [4.78, 5) is 52.3. The lowest BCUT2D eigenvalue weighted by atomic mass is 9.64. The highest BCUT2D eigenvalue weighted by Crippen LogP contribution is 2.47. The normalized spacial score (nSPS) is 29.1. The molecule has 11 heteroatoms. The average molecular weight is 577 g/mol. The molecule has 1 saturated heterocycles. The number of nitrogens with zero attached hydrogens (tertiary/aromatic N) is 5. The quantitative estimate of drug-likeness (QED) is 0.390. The zero-order valence-electron chi connectivity index (χ0n) is 24.7. The molecule has 3 atom stereocenters. The topological polar surface area (TPSA) is 135 Å². The van der Waals surface area contributed by atoms with Gasteiger partial charge in [-0.25, -0.2) is 9.78 Å². The Hall–Kier alpha value is -3.49. The molecule has 42 heavy (non-hydrogen) atoms. The van der Waals surface area contributed by atoms with Crippen molar-refractivity contribution in [3.63, 3.8) is 0 Å². The molecule has 3 aliphatic carbocycles. The van der Waals surface area contributed by atoms with Crippen LogP contribution in [0.5, 0.6) is 5.88 Å². The van der Waals surface area contributed by atoms with Crippen molar-refractivity contribution in [3.8, 4) is 18.2 Å². The van der Waals surface area contributed by atoms with E-state index < -0.39 is 17.3 Å². The van der Waals surface area contributed by atoms with Crippen LogP contribution in [0.2, 0.25) is 0 Å². The van der Waals surface area contributed by atoms with Crippen molar-refractivity contribution in [2.45, 2.75) is 94.9 Å². The predicted octanol–water partition coefficient (Wildman–Crippen LogP) is 2.66. The van der Waals surface area contributed by atoms with Crippen LogP contribution in [0.1, 0.15) is 87.3 Å². The van der Waals surface area contributed by atoms with E-state index in [0.717, 1.165) is 32.2 Å². The number of imidazole rings is 1. The van der Waals surface area contributed by atoms with E-state index in [1.54, 1.807) is 18.7 Å². The second kappa shape index (κ2) is 11.0. The van der Waals surface area contributed by atoms with Gasteiger partial charge in [0.05, 0.1) is 17.6 Å². The van der Waals surface area contributed by atoms with Crippen LogP contribution in [0.4, 0.5) is 0 Å². The van der Waals surface area contributed by atoms with Gasteiger partial charge >= 0.3 is 5.69 Å². The summed E-state index contributed by atoms with van der Waals surface area (Å²) in [5, 5.41) is 0. The Kier molecular flexibility index (Phi) is 7.48. The van der Waals surface area contributed by atoms with Gasteiger partial charge in [0.2, 0.25) is 17.5 Å². The predicted molar refractivity (Wildman–Crippen MR) is 156 cm³/mol. The number of rotatable bonds is 7. The maximum Gasteiger partial charge on any atom is 0.330 e. The molecule has 0 radical (unpaired) electrons. The number of fused-ring (bicyclic) bond motifs is 1. The molecular formula is C31H40N6O5. The monoisotopic (exact) mass is 576 g/mol. The second-order valence-electron chi connectivity index (χ2n) is 12.4. The molecule has 11 nitrogen and oxygen atoms in total. The number of likely N-dealkylation sites (tertiary alicyclic amines) is 1. The SMILES string of the molecule is C#C[C@H](Oc1nc(C(=O)C2=C(N)[C@]3(CCCCC3=O)CCC2)nc2c1n(C)c(=O)n2C1CC(OC)C1)[C@@H]1CCCN1C. The van der Waals surface area contributed by atoms with E-state index >= 15 is 0 Å². The molecule has 2 aromatic heterocycles. The van der Waals surface area contributed by atoms with Crippen molar-refractivity contribution in [2.75, 3.05) is 20.7 Å². The number of methoxy groups -OCH3 is 1. The molecule has 3 fully saturated rings. The van der Waals surface area contributed by atoms with Gasteiger partial charge in [0.15, 0.2) is 17.3 Å². The Morgan fingerprint density at radius 1 is 1.12 bits per heavy atom. The minimum atomic E-state index is -0.789. The number of aromatic nitrogens is 4. The first-order chi connectivity index (χ1) is 20.2. The van der Waals surface area contributed by atoms with E-state index in [9.17, 15) is 14.4 Å². The smallest absolute Gasteiger partial charge is 0.330 e. The highest BCUT2D eigenvalue weighted by molar-refractivity contribution is 6.08. The van der Waals surface area contributed by atoms with Gasteiger partial charge in [0.1, 0.15) is 5.78 Å². The summed E-state index contributed by atoms with van der Waals surface area (Å²) in [5.41, 5.74) is 7.08. The van der Waals surface area contributed by atoms with Crippen molar-refractivity contribution in [3.05, 3.63) is 27.6 Å². The number of allylic oxidation sites excluding steroid dienone is 2. The Morgan fingerprint density at radius 2 is 1.88 bits per heavy atom.